The van der Waals surface area contributed by atoms with Crippen LogP contribution < -0.4 is 0 Å². The summed E-state index contributed by atoms with van der Waals surface area (Å²) in [7, 11) is -1.24. The van der Waals surface area contributed by atoms with Gasteiger partial charge in [0.25, 0.3) is 0 Å². The summed E-state index contributed by atoms with van der Waals surface area (Å²) in [6.07, 6.45) is 4.22. The number of allylic oxidation sites excluding steroid dienone is 1. The fourth-order valence-electron chi connectivity index (χ4n) is 4.15. The van der Waals surface area contributed by atoms with Gasteiger partial charge < -0.3 is 0 Å². The molecule has 0 heterocycles. The molecule has 0 spiro atoms. The summed E-state index contributed by atoms with van der Waals surface area (Å²) in [4.78, 5) is 12.6. The molecular formula is C16H28OSi. The van der Waals surface area contributed by atoms with Crippen molar-refractivity contribution in [1.29, 1.82) is 0 Å². The molecule has 0 aliphatic heterocycles. The average Bonchev–Trinajstić information content (AvgIpc) is 2.49. The van der Waals surface area contributed by atoms with Crippen LogP contribution in [0.1, 0.15) is 46.5 Å². The molecule has 1 nitrogen and oxygen atoms in total. The summed E-state index contributed by atoms with van der Waals surface area (Å²) in [5, 5.41) is 0. The lowest BCUT2D eigenvalue weighted by Crippen LogP contribution is -2.48. The smallest absolute Gasteiger partial charge is 0.143 e. The number of Topliss-reactive ketones (excluding diaryl/α,β-unsaturated/α-hetero) is 1. The molecule has 0 aromatic rings. The number of carbonyl (C=O) groups excluding carboxylic acids is 1. The Morgan fingerprint density at radius 3 is 2.39 bits per heavy atom. The number of carbonyl (C=O) groups is 1. The van der Waals surface area contributed by atoms with Gasteiger partial charge in [0.1, 0.15) is 5.78 Å². The molecule has 2 aliphatic rings. The van der Waals surface area contributed by atoms with Crippen molar-refractivity contribution in [2.75, 3.05) is 0 Å². The molecule has 0 unspecified atom stereocenters. The first-order valence-electron chi connectivity index (χ1n) is 7.37. The minimum absolute atomic E-state index is 0.162. The van der Waals surface area contributed by atoms with Crippen molar-refractivity contribution in [3.8, 4) is 0 Å². The molecule has 2 heteroatoms. The van der Waals surface area contributed by atoms with E-state index in [1.807, 2.05) is 0 Å². The summed E-state index contributed by atoms with van der Waals surface area (Å²) in [5.41, 5.74) is 4.02. The largest absolute Gasteiger partial charge is 0.299 e. The standard InChI is InChI=1S/C16H28OSi/c1-12-7-8-14(17)16(3)13(11-18(4,5)6)9-10-15(12,16)2/h11-12H,7-10H2,1-6H3/b13-11-/t12-,15+,16-/m1/s1. The van der Waals surface area contributed by atoms with Crippen LogP contribution in [0.3, 0.4) is 0 Å². The Labute approximate surface area is 113 Å². The molecule has 18 heavy (non-hydrogen) atoms. The van der Waals surface area contributed by atoms with E-state index >= 15 is 0 Å². The zero-order valence-corrected chi connectivity index (χ0v) is 13.9. The van der Waals surface area contributed by atoms with Crippen molar-refractivity contribution in [2.24, 2.45) is 16.7 Å². The highest BCUT2D eigenvalue weighted by Gasteiger charge is 2.59. The predicted octanol–water partition coefficient (Wildman–Crippen LogP) is 4.60. The van der Waals surface area contributed by atoms with E-state index in [1.54, 1.807) is 0 Å². The van der Waals surface area contributed by atoms with Crippen LogP contribution in [0, 0.1) is 16.7 Å². The summed E-state index contributed by atoms with van der Waals surface area (Å²) < 4.78 is 0. The van der Waals surface area contributed by atoms with E-state index in [1.165, 1.54) is 12.0 Å². The van der Waals surface area contributed by atoms with E-state index in [4.69, 9.17) is 0 Å². The topological polar surface area (TPSA) is 17.1 Å². The van der Waals surface area contributed by atoms with Crippen LogP contribution in [0.15, 0.2) is 11.3 Å². The fraction of sp³-hybridized carbons (Fsp3) is 0.812. The molecule has 102 valence electrons. The van der Waals surface area contributed by atoms with Crippen LogP contribution in [0.4, 0.5) is 0 Å². The summed E-state index contributed by atoms with van der Waals surface area (Å²) in [6, 6.07) is 0. The minimum Gasteiger partial charge on any atom is -0.299 e. The monoisotopic (exact) mass is 264 g/mol. The molecule has 2 rings (SSSR count). The molecule has 0 bridgehead atoms. The maximum atomic E-state index is 12.6. The van der Waals surface area contributed by atoms with Crippen molar-refractivity contribution in [3.63, 3.8) is 0 Å². The maximum absolute atomic E-state index is 12.6. The molecule has 2 fully saturated rings. The summed E-state index contributed by atoms with van der Waals surface area (Å²) in [6.45, 7) is 14.1. The van der Waals surface area contributed by atoms with Gasteiger partial charge in [-0.15, -0.1) is 0 Å². The Balaban J connectivity index is 2.51. The number of fused-ring (bicyclic) bond motifs is 1. The van der Waals surface area contributed by atoms with Gasteiger partial charge in [0.05, 0.1) is 13.5 Å². The van der Waals surface area contributed by atoms with E-state index in [0.717, 1.165) is 19.3 Å². The highest BCUT2D eigenvalue weighted by Crippen LogP contribution is 2.63. The SMILES string of the molecule is C[C@@H]1CCC(=O)[C@@]2(C)/C(=C\[Si](C)(C)C)CC[C@@]12C. The highest BCUT2D eigenvalue weighted by molar-refractivity contribution is 6.81. The second kappa shape index (κ2) is 4.06. The minimum atomic E-state index is -1.24. The first-order valence-corrected chi connectivity index (χ1v) is 10.9. The Hall–Kier alpha value is -0.373. The Kier molecular flexibility index (Phi) is 3.17. The van der Waals surface area contributed by atoms with Gasteiger partial charge in [-0.1, -0.05) is 44.8 Å². The zero-order valence-electron chi connectivity index (χ0n) is 12.9. The Bertz CT molecular complexity index is 404. The lowest BCUT2D eigenvalue weighted by atomic mass is 9.54. The second-order valence-electron chi connectivity index (χ2n) is 7.94. The van der Waals surface area contributed by atoms with Gasteiger partial charge >= 0.3 is 0 Å². The first-order chi connectivity index (χ1) is 8.11. The van der Waals surface area contributed by atoms with Gasteiger partial charge in [-0.05, 0) is 37.5 Å². The molecule has 2 aliphatic carbocycles. The summed E-state index contributed by atoms with van der Waals surface area (Å²) in [5.74, 6) is 1.18. The molecule has 2 saturated carbocycles. The molecule has 0 saturated heterocycles. The lowest BCUT2D eigenvalue weighted by Gasteiger charge is -2.49. The van der Waals surface area contributed by atoms with Crippen molar-refractivity contribution in [2.45, 2.75) is 66.1 Å². The molecule has 0 aromatic heterocycles. The number of hydrogen-bond donors (Lipinski definition) is 0. The van der Waals surface area contributed by atoms with E-state index in [9.17, 15) is 4.79 Å². The third kappa shape index (κ3) is 1.84. The normalized spacial score (nSPS) is 43.3. The molecule has 0 amide bonds. The van der Waals surface area contributed by atoms with Crippen molar-refractivity contribution < 1.29 is 4.79 Å². The van der Waals surface area contributed by atoms with Crippen LogP contribution in [0.25, 0.3) is 0 Å². The first kappa shape index (κ1) is 14.0. The molecule has 0 aromatic carbocycles. The third-order valence-corrected chi connectivity index (χ3v) is 6.97. The fourth-order valence-corrected chi connectivity index (χ4v) is 5.63. The number of rotatable bonds is 1. The van der Waals surface area contributed by atoms with E-state index in [0.29, 0.717) is 11.7 Å². The molecule has 0 radical (unpaired) electrons. The summed E-state index contributed by atoms with van der Waals surface area (Å²) >= 11 is 0. The second-order valence-corrected chi connectivity index (χ2v) is 13.0. The van der Waals surface area contributed by atoms with Crippen molar-refractivity contribution in [1.82, 2.24) is 0 Å². The zero-order chi connectivity index (χ0) is 13.8. The van der Waals surface area contributed by atoms with Crippen molar-refractivity contribution >= 4 is 13.9 Å². The molecular weight excluding hydrogens is 236 g/mol. The van der Waals surface area contributed by atoms with Crippen LogP contribution >= 0.6 is 0 Å². The van der Waals surface area contributed by atoms with Crippen LogP contribution in [-0.4, -0.2) is 13.9 Å². The Morgan fingerprint density at radius 2 is 1.83 bits per heavy atom. The lowest BCUT2D eigenvalue weighted by molar-refractivity contribution is -0.138. The quantitative estimate of drug-likeness (QED) is 0.633. The van der Waals surface area contributed by atoms with Crippen LogP contribution in [0.2, 0.25) is 19.6 Å². The van der Waals surface area contributed by atoms with Gasteiger partial charge in [-0.25, -0.2) is 0 Å². The van der Waals surface area contributed by atoms with E-state index in [-0.39, 0.29) is 10.8 Å². The maximum Gasteiger partial charge on any atom is 0.143 e. The van der Waals surface area contributed by atoms with E-state index in [2.05, 4.69) is 46.1 Å². The number of hydrogen-bond acceptors (Lipinski definition) is 1. The highest BCUT2D eigenvalue weighted by atomic mass is 28.3. The van der Waals surface area contributed by atoms with Gasteiger partial charge in [0.2, 0.25) is 0 Å². The van der Waals surface area contributed by atoms with Gasteiger partial charge in [-0.3, -0.25) is 4.79 Å². The van der Waals surface area contributed by atoms with E-state index < -0.39 is 8.07 Å². The predicted molar refractivity (Wildman–Crippen MR) is 80.3 cm³/mol. The average molecular weight is 264 g/mol. The van der Waals surface area contributed by atoms with Gasteiger partial charge in [0, 0.05) is 6.42 Å². The van der Waals surface area contributed by atoms with Crippen molar-refractivity contribution in [3.05, 3.63) is 11.3 Å². The Morgan fingerprint density at radius 1 is 1.22 bits per heavy atom. The van der Waals surface area contributed by atoms with Crippen LogP contribution in [0.5, 0.6) is 0 Å². The van der Waals surface area contributed by atoms with Gasteiger partial charge in [0.15, 0.2) is 0 Å². The molecule has 0 N–H and O–H groups in total. The third-order valence-electron chi connectivity index (χ3n) is 5.76. The number of ketones is 1. The van der Waals surface area contributed by atoms with Gasteiger partial charge in [-0.2, -0.15) is 0 Å². The van der Waals surface area contributed by atoms with Crippen LogP contribution in [-0.2, 0) is 4.79 Å². The molecule has 3 atom stereocenters.